The average Bonchev–Trinajstić information content (AvgIpc) is 3.14. The van der Waals surface area contributed by atoms with Gasteiger partial charge in [0.1, 0.15) is 5.69 Å². The lowest BCUT2D eigenvalue weighted by atomic mass is 9.91. The molecule has 0 bridgehead atoms. The first-order valence-electron chi connectivity index (χ1n) is 8.62. The second-order valence-electron chi connectivity index (χ2n) is 6.85. The van der Waals surface area contributed by atoms with Crippen LogP contribution in [0.5, 0.6) is 0 Å². The molecule has 1 unspecified atom stereocenters. The molecule has 1 atom stereocenters. The smallest absolute Gasteiger partial charge is 0.272 e. The van der Waals surface area contributed by atoms with Gasteiger partial charge >= 0.3 is 0 Å². The molecule has 2 aromatic heterocycles. The predicted molar refractivity (Wildman–Crippen MR) is 90.3 cm³/mol. The molecule has 0 fully saturated rings. The number of rotatable bonds is 2. The van der Waals surface area contributed by atoms with Crippen molar-refractivity contribution >= 4 is 11.8 Å². The summed E-state index contributed by atoms with van der Waals surface area (Å²) in [5.41, 5.74) is 4.05. The number of hydrogen-bond donors (Lipinski definition) is 1. The zero-order valence-corrected chi connectivity index (χ0v) is 14.7. The monoisotopic (exact) mass is 342 g/mol. The van der Waals surface area contributed by atoms with Gasteiger partial charge in [-0.25, -0.2) is 0 Å². The Kier molecular flexibility index (Phi) is 3.63. The average molecular weight is 342 g/mol. The highest BCUT2D eigenvalue weighted by Crippen LogP contribution is 2.32. The summed E-state index contributed by atoms with van der Waals surface area (Å²) in [4.78, 5) is 26.5. The van der Waals surface area contributed by atoms with Crippen molar-refractivity contribution in [3.63, 3.8) is 0 Å². The first-order chi connectivity index (χ1) is 12.0. The summed E-state index contributed by atoms with van der Waals surface area (Å²) in [7, 11) is 3.70. The van der Waals surface area contributed by atoms with Gasteiger partial charge in [-0.1, -0.05) is 0 Å². The molecule has 3 heterocycles. The molecule has 0 spiro atoms. The number of nitrogens with one attached hydrogen (secondary N) is 1. The standard InChI is InChI=1S/C17H22N6O2/c1-10-15-11(5-4-6-13(15)22(3)19-10)18-16(24)12-9-14-17(25)21(2)7-8-23(14)20-12/h9,11H,4-8H2,1-3H3,(H,18,24). The van der Waals surface area contributed by atoms with Crippen molar-refractivity contribution < 1.29 is 9.59 Å². The lowest BCUT2D eigenvalue weighted by Crippen LogP contribution is -2.37. The number of aryl methyl sites for hydroxylation is 2. The minimum Gasteiger partial charge on any atom is -0.344 e. The number of aromatic nitrogens is 4. The van der Waals surface area contributed by atoms with Crippen molar-refractivity contribution in [2.24, 2.45) is 7.05 Å². The highest BCUT2D eigenvalue weighted by Gasteiger charge is 2.30. The molecule has 0 saturated carbocycles. The number of amides is 2. The lowest BCUT2D eigenvalue weighted by Gasteiger charge is -2.24. The number of nitrogens with zero attached hydrogens (tertiary/aromatic N) is 5. The van der Waals surface area contributed by atoms with Gasteiger partial charge in [-0.15, -0.1) is 0 Å². The number of fused-ring (bicyclic) bond motifs is 2. The normalized spacial score (nSPS) is 19.6. The Morgan fingerprint density at radius 1 is 1.28 bits per heavy atom. The SMILES string of the molecule is Cc1nn(C)c2c1C(NC(=O)c1cc3n(n1)CCN(C)C3=O)CCC2. The number of carbonyl (C=O) groups is 2. The van der Waals surface area contributed by atoms with Crippen LogP contribution in [0.3, 0.4) is 0 Å². The minimum absolute atomic E-state index is 0.0537. The number of carbonyl (C=O) groups excluding carboxylic acids is 2. The van der Waals surface area contributed by atoms with Crippen LogP contribution >= 0.6 is 0 Å². The van der Waals surface area contributed by atoms with Gasteiger partial charge in [0, 0.05) is 38.0 Å². The van der Waals surface area contributed by atoms with Crippen molar-refractivity contribution in [3.8, 4) is 0 Å². The fourth-order valence-electron chi connectivity index (χ4n) is 3.88. The second kappa shape index (κ2) is 5.72. The summed E-state index contributed by atoms with van der Waals surface area (Å²) in [5.74, 6) is -0.334. The van der Waals surface area contributed by atoms with Gasteiger partial charge in [0.25, 0.3) is 11.8 Å². The number of likely N-dealkylation sites (N-methyl/N-ethyl adjacent to an activating group) is 1. The zero-order chi connectivity index (χ0) is 17.7. The molecule has 0 saturated heterocycles. The highest BCUT2D eigenvalue weighted by molar-refractivity contribution is 5.98. The molecular formula is C17H22N6O2. The summed E-state index contributed by atoms with van der Waals surface area (Å²) in [5, 5.41) is 11.9. The summed E-state index contributed by atoms with van der Waals surface area (Å²) in [6.07, 6.45) is 2.89. The van der Waals surface area contributed by atoms with Crippen LogP contribution in [-0.4, -0.2) is 49.9 Å². The topological polar surface area (TPSA) is 85.1 Å². The fourth-order valence-corrected chi connectivity index (χ4v) is 3.88. The fraction of sp³-hybridized carbons (Fsp3) is 0.529. The molecule has 0 aromatic carbocycles. The van der Waals surface area contributed by atoms with Crippen molar-refractivity contribution in [2.45, 2.75) is 38.8 Å². The van der Waals surface area contributed by atoms with Gasteiger partial charge < -0.3 is 10.2 Å². The van der Waals surface area contributed by atoms with Gasteiger partial charge in [0.2, 0.25) is 0 Å². The third-order valence-electron chi connectivity index (χ3n) is 5.18. The molecule has 25 heavy (non-hydrogen) atoms. The molecule has 132 valence electrons. The van der Waals surface area contributed by atoms with Crippen LogP contribution in [-0.2, 0) is 20.0 Å². The van der Waals surface area contributed by atoms with E-state index in [1.54, 1.807) is 22.7 Å². The van der Waals surface area contributed by atoms with E-state index in [1.165, 1.54) is 5.69 Å². The van der Waals surface area contributed by atoms with Crippen LogP contribution < -0.4 is 5.32 Å². The van der Waals surface area contributed by atoms with E-state index in [0.717, 1.165) is 30.5 Å². The van der Waals surface area contributed by atoms with Crippen molar-refractivity contribution in [2.75, 3.05) is 13.6 Å². The maximum absolute atomic E-state index is 12.7. The molecule has 4 rings (SSSR count). The minimum atomic E-state index is -0.238. The molecular weight excluding hydrogens is 320 g/mol. The quantitative estimate of drug-likeness (QED) is 0.875. The van der Waals surface area contributed by atoms with E-state index in [4.69, 9.17) is 0 Å². The highest BCUT2D eigenvalue weighted by atomic mass is 16.2. The molecule has 8 nitrogen and oxygen atoms in total. The Hall–Kier alpha value is -2.64. The molecule has 1 aliphatic heterocycles. The van der Waals surface area contributed by atoms with E-state index in [-0.39, 0.29) is 17.9 Å². The molecule has 1 N–H and O–H groups in total. The third-order valence-corrected chi connectivity index (χ3v) is 5.18. The summed E-state index contributed by atoms with van der Waals surface area (Å²) >= 11 is 0. The van der Waals surface area contributed by atoms with Gasteiger partial charge in [0.05, 0.1) is 18.3 Å². The van der Waals surface area contributed by atoms with E-state index in [2.05, 4.69) is 15.5 Å². The van der Waals surface area contributed by atoms with Crippen LogP contribution in [0.25, 0.3) is 0 Å². The molecule has 1 aliphatic carbocycles. The Labute approximate surface area is 145 Å². The van der Waals surface area contributed by atoms with Crippen LogP contribution in [0.4, 0.5) is 0 Å². The Bertz CT molecular complexity index is 865. The molecule has 8 heteroatoms. The second-order valence-corrected chi connectivity index (χ2v) is 6.85. The van der Waals surface area contributed by atoms with Crippen molar-refractivity contribution in [1.82, 2.24) is 29.8 Å². The lowest BCUT2D eigenvalue weighted by molar-refractivity contribution is 0.0742. The van der Waals surface area contributed by atoms with E-state index in [9.17, 15) is 9.59 Å². The Balaban J connectivity index is 1.58. The van der Waals surface area contributed by atoms with Crippen molar-refractivity contribution in [3.05, 3.63) is 34.4 Å². The van der Waals surface area contributed by atoms with Crippen LogP contribution in [0.1, 0.15) is 56.8 Å². The van der Waals surface area contributed by atoms with Gasteiger partial charge in [-0.2, -0.15) is 10.2 Å². The first-order valence-corrected chi connectivity index (χ1v) is 8.62. The summed E-state index contributed by atoms with van der Waals surface area (Å²) in [6, 6.07) is 1.54. The van der Waals surface area contributed by atoms with E-state index < -0.39 is 0 Å². The largest absolute Gasteiger partial charge is 0.344 e. The van der Waals surface area contributed by atoms with E-state index >= 15 is 0 Å². The maximum atomic E-state index is 12.7. The molecule has 2 aromatic rings. The van der Waals surface area contributed by atoms with Crippen LogP contribution in [0, 0.1) is 6.92 Å². The van der Waals surface area contributed by atoms with Crippen LogP contribution in [0.2, 0.25) is 0 Å². The van der Waals surface area contributed by atoms with Crippen molar-refractivity contribution in [1.29, 1.82) is 0 Å². The van der Waals surface area contributed by atoms with E-state index in [1.807, 2.05) is 18.7 Å². The van der Waals surface area contributed by atoms with Gasteiger partial charge in [-0.3, -0.25) is 19.0 Å². The molecule has 0 radical (unpaired) electrons. The van der Waals surface area contributed by atoms with E-state index in [0.29, 0.717) is 24.5 Å². The Morgan fingerprint density at radius 2 is 2.08 bits per heavy atom. The number of hydrogen-bond acceptors (Lipinski definition) is 4. The molecule has 2 amide bonds. The zero-order valence-electron chi connectivity index (χ0n) is 14.7. The predicted octanol–water partition coefficient (Wildman–Crippen LogP) is 0.818. The van der Waals surface area contributed by atoms with Gasteiger partial charge in [-0.05, 0) is 26.2 Å². The Morgan fingerprint density at radius 3 is 2.88 bits per heavy atom. The summed E-state index contributed by atoms with van der Waals surface area (Å²) < 4.78 is 3.53. The summed E-state index contributed by atoms with van der Waals surface area (Å²) in [6.45, 7) is 3.20. The maximum Gasteiger partial charge on any atom is 0.272 e. The third kappa shape index (κ3) is 2.52. The molecule has 2 aliphatic rings. The van der Waals surface area contributed by atoms with Crippen LogP contribution in [0.15, 0.2) is 6.07 Å². The van der Waals surface area contributed by atoms with Gasteiger partial charge in [0.15, 0.2) is 5.69 Å². The first kappa shape index (κ1) is 15.9.